The maximum atomic E-state index is 12.7. The van der Waals surface area contributed by atoms with Gasteiger partial charge in [-0.15, -0.1) is 12.4 Å². The molecule has 0 spiro atoms. The van der Waals surface area contributed by atoms with Gasteiger partial charge in [-0.25, -0.2) is 0 Å². The number of benzene rings is 1. The third kappa shape index (κ3) is 5.19. The molecule has 3 fully saturated rings. The van der Waals surface area contributed by atoms with Crippen molar-refractivity contribution in [1.29, 1.82) is 0 Å². The van der Waals surface area contributed by atoms with Crippen LogP contribution >= 0.6 is 12.4 Å². The van der Waals surface area contributed by atoms with E-state index in [9.17, 15) is 4.79 Å². The van der Waals surface area contributed by atoms with Crippen molar-refractivity contribution in [1.82, 2.24) is 10.6 Å². The van der Waals surface area contributed by atoms with E-state index in [1.807, 2.05) is 0 Å². The molecule has 4 unspecified atom stereocenters. The van der Waals surface area contributed by atoms with Gasteiger partial charge in [-0.1, -0.05) is 25.0 Å². The highest BCUT2D eigenvalue weighted by atomic mass is 35.5. The summed E-state index contributed by atoms with van der Waals surface area (Å²) in [5.74, 6) is 1.66. The van der Waals surface area contributed by atoms with E-state index < -0.39 is 0 Å². The summed E-state index contributed by atoms with van der Waals surface area (Å²) in [6.07, 6.45) is 8.43. The number of rotatable bonds is 6. The van der Waals surface area contributed by atoms with Crippen LogP contribution in [0.5, 0.6) is 5.75 Å². The van der Waals surface area contributed by atoms with Crippen LogP contribution in [-0.2, 0) is 16.1 Å². The molecular formula is C22H33ClN2O3. The Labute approximate surface area is 174 Å². The Bertz CT molecular complexity index is 649. The van der Waals surface area contributed by atoms with E-state index in [0.717, 1.165) is 42.7 Å². The number of hydrogen-bond donors (Lipinski definition) is 2. The van der Waals surface area contributed by atoms with Gasteiger partial charge in [-0.3, -0.25) is 4.79 Å². The SMILES string of the molecule is Cc1ccc(CNC(=O)C2CC3CCCCC3N2)c(OCC2CCCO2)c1.Cl. The highest BCUT2D eigenvalue weighted by Crippen LogP contribution is 2.33. The zero-order valence-corrected chi connectivity index (χ0v) is 17.6. The van der Waals surface area contributed by atoms with Gasteiger partial charge in [0.25, 0.3) is 0 Å². The molecule has 1 aromatic rings. The van der Waals surface area contributed by atoms with Crippen molar-refractivity contribution in [2.75, 3.05) is 13.2 Å². The Morgan fingerprint density at radius 3 is 2.89 bits per heavy atom. The van der Waals surface area contributed by atoms with E-state index in [0.29, 0.717) is 25.1 Å². The van der Waals surface area contributed by atoms with Gasteiger partial charge in [-0.05, 0) is 56.6 Å². The summed E-state index contributed by atoms with van der Waals surface area (Å²) in [7, 11) is 0. The average Bonchev–Trinajstić information content (AvgIpc) is 3.34. The second-order valence-corrected chi connectivity index (χ2v) is 8.38. The maximum absolute atomic E-state index is 12.7. The zero-order chi connectivity index (χ0) is 18.6. The van der Waals surface area contributed by atoms with Crippen molar-refractivity contribution in [3.05, 3.63) is 29.3 Å². The van der Waals surface area contributed by atoms with Crippen LogP contribution in [0.25, 0.3) is 0 Å². The topological polar surface area (TPSA) is 59.6 Å². The van der Waals surface area contributed by atoms with Crippen molar-refractivity contribution in [3.63, 3.8) is 0 Å². The minimum atomic E-state index is -0.0418. The molecule has 0 aromatic heterocycles. The molecule has 5 nitrogen and oxygen atoms in total. The molecule has 4 atom stereocenters. The minimum absolute atomic E-state index is 0. The molecule has 1 aromatic carbocycles. The number of nitrogens with one attached hydrogen (secondary N) is 2. The first-order chi connectivity index (χ1) is 13.2. The minimum Gasteiger partial charge on any atom is -0.491 e. The molecule has 1 saturated carbocycles. The maximum Gasteiger partial charge on any atom is 0.237 e. The lowest BCUT2D eigenvalue weighted by Gasteiger charge is -2.24. The van der Waals surface area contributed by atoms with Crippen LogP contribution in [0.1, 0.15) is 56.1 Å². The van der Waals surface area contributed by atoms with Gasteiger partial charge < -0.3 is 20.1 Å². The van der Waals surface area contributed by atoms with E-state index in [1.165, 1.54) is 25.7 Å². The van der Waals surface area contributed by atoms with E-state index in [-0.39, 0.29) is 30.5 Å². The molecule has 6 heteroatoms. The van der Waals surface area contributed by atoms with Gasteiger partial charge >= 0.3 is 0 Å². The number of fused-ring (bicyclic) bond motifs is 1. The summed E-state index contributed by atoms with van der Waals surface area (Å²) in [5, 5.41) is 6.68. The van der Waals surface area contributed by atoms with E-state index in [2.05, 4.69) is 35.8 Å². The molecule has 2 N–H and O–H groups in total. The summed E-state index contributed by atoms with van der Waals surface area (Å²) < 4.78 is 11.7. The third-order valence-electron chi connectivity index (χ3n) is 6.30. The largest absolute Gasteiger partial charge is 0.491 e. The molecule has 0 bridgehead atoms. The first-order valence-corrected chi connectivity index (χ1v) is 10.6. The molecule has 156 valence electrons. The molecule has 2 saturated heterocycles. The molecular weight excluding hydrogens is 376 g/mol. The number of carbonyl (C=O) groups excluding carboxylic acids is 1. The first kappa shape index (κ1) is 21.4. The molecule has 0 radical (unpaired) electrons. The lowest BCUT2D eigenvalue weighted by molar-refractivity contribution is -0.123. The lowest BCUT2D eigenvalue weighted by Crippen LogP contribution is -2.42. The van der Waals surface area contributed by atoms with Crippen molar-refractivity contribution in [2.24, 2.45) is 5.92 Å². The van der Waals surface area contributed by atoms with Gasteiger partial charge in [0.1, 0.15) is 12.4 Å². The molecule has 4 rings (SSSR count). The molecule has 1 aliphatic carbocycles. The standard InChI is InChI=1S/C22H32N2O3.ClH/c1-15-8-9-17(21(11-15)27-14-18-6-4-10-26-18)13-23-22(25)20-12-16-5-2-3-7-19(16)24-20;/h8-9,11,16,18-20,24H,2-7,10,12-14H2,1H3,(H,23,25);1H. The molecule has 2 heterocycles. The number of carbonyl (C=O) groups is 1. The summed E-state index contributed by atoms with van der Waals surface area (Å²) >= 11 is 0. The molecule has 1 amide bonds. The molecule has 2 aliphatic heterocycles. The molecule has 28 heavy (non-hydrogen) atoms. The van der Waals surface area contributed by atoms with Crippen molar-refractivity contribution in [3.8, 4) is 5.75 Å². The summed E-state index contributed by atoms with van der Waals surface area (Å²) in [5.41, 5.74) is 2.19. The van der Waals surface area contributed by atoms with E-state index in [1.54, 1.807) is 0 Å². The third-order valence-corrected chi connectivity index (χ3v) is 6.30. The smallest absolute Gasteiger partial charge is 0.237 e. The van der Waals surface area contributed by atoms with Gasteiger partial charge in [0.2, 0.25) is 5.91 Å². The van der Waals surface area contributed by atoms with Crippen molar-refractivity contribution in [2.45, 2.75) is 76.6 Å². The van der Waals surface area contributed by atoms with Crippen LogP contribution in [0.2, 0.25) is 0 Å². The normalized spacial score (nSPS) is 29.0. The van der Waals surface area contributed by atoms with Crippen LogP contribution < -0.4 is 15.4 Å². The van der Waals surface area contributed by atoms with Gasteiger partial charge in [0, 0.05) is 24.8 Å². The number of amides is 1. The van der Waals surface area contributed by atoms with Crippen LogP contribution in [0.3, 0.4) is 0 Å². The summed E-state index contributed by atoms with van der Waals surface area (Å²) in [6.45, 7) is 3.98. The Morgan fingerprint density at radius 1 is 1.25 bits per heavy atom. The highest BCUT2D eigenvalue weighted by molar-refractivity contribution is 5.85. The van der Waals surface area contributed by atoms with Crippen molar-refractivity contribution >= 4 is 18.3 Å². The van der Waals surface area contributed by atoms with Gasteiger partial charge in [-0.2, -0.15) is 0 Å². The Kier molecular flexibility index (Phi) is 7.61. The Hall–Kier alpha value is -1.30. The Balaban J connectivity index is 0.00000225. The Morgan fingerprint density at radius 2 is 2.11 bits per heavy atom. The quantitative estimate of drug-likeness (QED) is 0.756. The van der Waals surface area contributed by atoms with E-state index >= 15 is 0 Å². The zero-order valence-electron chi connectivity index (χ0n) is 16.7. The van der Waals surface area contributed by atoms with Gasteiger partial charge in [0.05, 0.1) is 12.1 Å². The second-order valence-electron chi connectivity index (χ2n) is 8.38. The van der Waals surface area contributed by atoms with E-state index in [4.69, 9.17) is 9.47 Å². The second kappa shape index (κ2) is 9.95. The van der Waals surface area contributed by atoms with Crippen LogP contribution in [0.15, 0.2) is 18.2 Å². The monoisotopic (exact) mass is 408 g/mol. The predicted octanol–water partition coefficient (Wildman–Crippen LogP) is 3.51. The summed E-state index contributed by atoms with van der Waals surface area (Å²) in [6, 6.07) is 6.68. The average molecular weight is 409 g/mol. The van der Waals surface area contributed by atoms with Gasteiger partial charge in [0.15, 0.2) is 0 Å². The fourth-order valence-electron chi connectivity index (χ4n) is 4.73. The number of ether oxygens (including phenoxy) is 2. The van der Waals surface area contributed by atoms with Crippen LogP contribution in [-0.4, -0.2) is 37.3 Å². The van der Waals surface area contributed by atoms with Crippen molar-refractivity contribution < 1.29 is 14.3 Å². The number of hydrogen-bond acceptors (Lipinski definition) is 4. The number of aryl methyl sites for hydroxylation is 1. The van der Waals surface area contributed by atoms with Crippen LogP contribution in [0.4, 0.5) is 0 Å². The van der Waals surface area contributed by atoms with Crippen LogP contribution in [0, 0.1) is 12.8 Å². The predicted molar refractivity (Wildman–Crippen MR) is 112 cm³/mol. The fraction of sp³-hybridized carbons (Fsp3) is 0.682. The summed E-state index contributed by atoms with van der Waals surface area (Å²) in [4.78, 5) is 12.7. The molecule has 3 aliphatic rings. The fourth-order valence-corrected chi connectivity index (χ4v) is 4.73. The highest BCUT2D eigenvalue weighted by Gasteiger charge is 2.38. The lowest BCUT2D eigenvalue weighted by atomic mass is 9.85. The first-order valence-electron chi connectivity index (χ1n) is 10.6. The number of halogens is 1.